The lowest BCUT2D eigenvalue weighted by Gasteiger charge is -2.39. The van der Waals surface area contributed by atoms with Gasteiger partial charge in [-0.3, -0.25) is 0 Å². The summed E-state index contributed by atoms with van der Waals surface area (Å²) in [6.45, 7) is 3.29. The van der Waals surface area contributed by atoms with Crippen molar-refractivity contribution >= 4 is 11.6 Å². The lowest BCUT2D eigenvalue weighted by atomic mass is 9.68. The number of hydrogen-bond donors (Lipinski definition) is 0. The monoisotopic (exact) mass is 300 g/mol. The van der Waals surface area contributed by atoms with E-state index in [0.717, 1.165) is 18.4 Å². The fourth-order valence-electron chi connectivity index (χ4n) is 4.10. The van der Waals surface area contributed by atoms with Crippen molar-refractivity contribution in [1.82, 2.24) is 0 Å². The molecular weight excluding hydrogens is 268 g/mol. The maximum atomic E-state index is 6.35. The SMILES string of the molecule is CCCCC1CCC(CCl)(CCCC2CCCO2)CC1. The van der Waals surface area contributed by atoms with Crippen LogP contribution in [0.15, 0.2) is 0 Å². The van der Waals surface area contributed by atoms with Crippen LogP contribution in [0.2, 0.25) is 0 Å². The molecule has 0 aromatic heterocycles. The first-order chi connectivity index (χ1) is 9.78. The van der Waals surface area contributed by atoms with Crippen molar-refractivity contribution < 1.29 is 4.74 Å². The van der Waals surface area contributed by atoms with E-state index < -0.39 is 0 Å². The van der Waals surface area contributed by atoms with Crippen LogP contribution in [-0.2, 0) is 4.74 Å². The summed E-state index contributed by atoms with van der Waals surface area (Å²) in [7, 11) is 0. The smallest absolute Gasteiger partial charge is 0.0576 e. The summed E-state index contributed by atoms with van der Waals surface area (Å²) in [6.07, 6.45) is 16.8. The maximum Gasteiger partial charge on any atom is 0.0576 e. The number of ether oxygens (including phenoxy) is 1. The van der Waals surface area contributed by atoms with Gasteiger partial charge in [-0.05, 0) is 62.7 Å². The Hall–Kier alpha value is 0.250. The second kappa shape index (κ2) is 8.63. The number of unbranched alkanes of at least 4 members (excludes halogenated alkanes) is 1. The van der Waals surface area contributed by atoms with E-state index in [4.69, 9.17) is 16.3 Å². The van der Waals surface area contributed by atoms with Crippen molar-refractivity contribution in [1.29, 1.82) is 0 Å². The third kappa shape index (κ3) is 4.91. The van der Waals surface area contributed by atoms with E-state index in [1.807, 2.05) is 0 Å². The summed E-state index contributed by atoms with van der Waals surface area (Å²) >= 11 is 6.35. The standard InChI is InChI=1S/C18H33ClO/c1-2-3-6-16-9-12-18(15-19,13-10-16)11-4-7-17-8-5-14-20-17/h16-17H,2-15H2,1H3. The molecule has 0 radical (unpaired) electrons. The average molecular weight is 301 g/mol. The van der Waals surface area contributed by atoms with Crippen LogP contribution in [0.5, 0.6) is 0 Å². The summed E-state index contributed by atoms with van der Waals surface area (Å²) in [5, 5.41) is 0. The molecule has 0 amide bonds. The van der Waals surface area contributed by atoms with Crippen LogP contribution in [0, 0.1) is 11.3 Å². The topological polar surface area (TPSA) is 9.23 Å². The third-order valence-corrected chi connectivity index (χ3v) is 6.24. The molecule has 1 atom stereocenters. The van der Waals surface area contributed by atoms with E-state index in [2.05, 4.69) is 6.92 Å². The largest absolute Gasteiger partial charge is 0.378 e. The first-order valence-electron chi connectivity index (χ1n) is 8.95. The molecule has 0 spiro atoms. The van der Waals surface area contributed by atoms with Crippen LogP contribution in [-0.4, -0.2) is 18.6 Å². The van der Waals surface area contributed by atoms with Gasteiger partial charge in [0.25, 0.3) is 0 Å². The second-order valence-electron chi connectivity index (χ2n) is 7.25. The molecule has 20 heavy (non-hydrogen) atoms. The quantitative estimate of drug-likeness (QED) is 0.504. The highest BCUT2D eigenvalue weighted by Gasteiger charge is 2.34. The maximum absolute atomic E-state index is 6.35. The zero-order valence-corrected chi connectivity index (χ0v) is 14.1. The van der Waals surface area contributed by atoms with E-state index in [-0.39, 0.29) is 0 Å². The third-order valence-electron chi connectivity index (χ3n) is 5.67. The Morgan fingerprint density at radius 1 is 1.10 bits per heavy atom. The van der Waals surface area contributed by atoms with Crippen molar-refractivity contribution in [3.8, 4) is 0 Å². The molecule has 118 valence electrons. The van der Waals surface area contributed by atoms with Crippen LogP contribution < -0.4 is 0 Å². The Morgan fingerprint density at radius 3 is 2.50 bits per heavy atom. The molecule has 2 fully saturated rings. The normalized spacial score (nSPS) is 34.5. The Kier molecular flexibility index (Phi) is 7.17. The summed E-state index contributed by atoms with van der Waals surface area (Å²) in [5.74, 6) is 1.86. The number of alkyl halides is 1. The highest BCUT2D eigenvalue weighted by Crippen LogP contribution is 2.45. The minimum atomic E-state index is 0.461. The summed E-state index contributed by atoms with van der Waals surface area (Å²) < 4.78 is 5.74. The molecule has 2 aliphatic rings. The molecule has 1 saturated carbocycles. The van der Waals surface area contributed by atoms with E-state index >= 15 is 0 Å². The van der Waals surface area contributed by atoms with Gasteiger partial charge in [0.15, 0.2) is 0 Å². The molecule has 2 rings (SSSR count). The van der Waals surface area contributed by atoms with Gasteiger partial charge in [-0.2, -0.15) is 0 Å². The van der Waals surface area contributed by atoms with Crippen molar-refractivity contribution in [2.24, 2.45) is 11.3 Å². The van der Waals surface area contributed by atoms with Gasteiger partial charge in [-0.1, -0.05) is 32.6 Å². The number of rotatable bonds is 8. The van der Waals surface area contributed by atoms with E-state index in [1.165, 1.54) is 77.0 Å². The fourth-order valence-corrected chi connectivity index (χ4v) is 4.50. The molecule has 0 bridgehead atoms. The zero-order valence-electron chi connectivity index (χ0n) is 13.3. The van der Waals surface area contributed by atoms with Gasteiger partial charge in [-0.15, -0.1) is 11.6 Å². The van der Waals surface area contributed by atoms with Gasteiger partial charge < -0.3 is 4.74 Å². The lowest BCUT2D eigenvalue weighted by molar-refractivity contribution is 0.0920. The molecule has 0 aromatic rings. The summed E-state index contributed by atoms with van der Waals surface area (Å²) in [4.78, 5) is 0. The Balaban J connectivity index is 1.67. The molecule has 0 N–H and O–H groups in total. The Morgan fingerprint density at radius 2 is 1.90 bits per heavy atom. The minimum absolute atomic E-state index is 0.461. The molecule has 1 aliphatic carbocycles. The molecular formula is C18H33ClO. The van der Waals surface area contributed by atoms with Gasteiger partial charge in [0.2, 0.25) is 0 Å². The first-order valence-corrected chi connectivity index (χ1v) is 9.49. The van der Waals surface area contributed by atoms with Gasteiger partial charge in [0.1, 0.15) is 0 Å². The number of halogens is 1. The summed E-state index contributed by atoms with van der Waals surface area (Å²) in [6, 6.07) is 0. The van der Waals surface area contributed by atoms with Crippen LogP contribution in [0.25, 0.3) is 0 Å². The van der Waals surface area contributed by atoms with Crippen molar-refractivity contribution in [2.75, 3.05) is 12.5 Å². The van der Waals surface area contributed by atoms with E-state index in [0.29, 0.717) is 11.5 Å². The molecule has 1 unspecified atom stereocenters. The molecule has 2 heteroatoms. The molecule has 0 aromatic carbocycles. The van der Waals surface area contributed by atoms with Gasteiger partial charge in [0, 0.05) is 12.5 Å². The van der Waals surface area contributed by atoms with Gasteiger partial charge in [0.05, 0.1) is 6.10 Å². The van der Waals surface area contributed by atoms with Crippen molar-refractivity contribution in [3.05, 3.63) is 0 Å². The Labute approximate surface area is 130 Å². The van der Waals surface area contributed by atoms with Crippen molar-refractivity contribution in [3.63, 3.8) is 0 Å². The predicted octanol–water partition coefficient (Wildman–Crippen LogP) is 5.94. The molecule has 1 aliphatic heterocycles. The van der Waals surface area contributed by atoms with E-state index in [1.54, 1.807) is 0 Å². The predicted molar refractivity (Wildman–Crippen MR) is 87.5 cm³/mol. The molecule has 1 nitrogen and oxygen atoms in total. The van der Waals surface area contributed by atoms with E-state index in [9.17, 15) is 0 Å². The van der Waals surface area contributed by atoms with Crippen LogP contribution in [0.1, 0.15) is 84.0 Å². The average Bonchev–Trinajstić information content (AvgIpc) is 3.00. The first kappa shape index (κ1) is 16.6. The second-order valence-corrected chi connectivity index (χ2v) is 7.51. The summed E-state index contributed by atoms with van der Waals surface area (Å²) in [5.41, 5.74) is 0.461. The van der Waals surface area contributed by atoms with Crippen LogP contribution in [0.4, 0.5) is 0 Å². The zero-order chi connectivity index (χ0) is 14.3. The highest BCUT2D eigenvalue weighted by atomic mass is 35.5. The number of hydrogen-bond acceptors (Lipinski definition) is 1. The lowest BCUT2D eigenvalue weighted by Crippen LogP contribution is -2.29. The highest BCUT2D eigenvalue weighted by molar-refractivity contribution is 6.18. The van der Waals surface area contributed by atoms with Crippen LogP contribution in [0.3, 0.4) is 0 Å². The van der Waals surface area contributed by atoms with Crippen molar-refractivity contribution in [2.45, 2.75) is 90.1 Å². The molecule has 1 saturated heterocycles. The van der Waals surface area contributed by atoms with Crippen LogP contribution >= 0.6 is 11.6 Å². The van der Waals surface area contributed by atoms with Gasteiger partial charge >= 0.3 is 0 Å². The molecule has 1 heterocycles. The van der Waals surface area contributed by atoms with Gasteiger partial charge in [-0.25, -0.2) is 0 Å². The fraction of sp³-hybridized carbons (Fsp3) is 1.00. The Bertz CT molecular complexity index is 252. The minimum Gasteiger partial charge on any atom is -0.378 e.